The van der Waals surface area contributed by atoms with E-state index in [0.717, 1.165) is 0 Å². The third-order valence-electron chi connectivity index (χ3n) is 4.93. The zero-order valence-electron chi connectivity index (χ0n) is 14.8. The molecule has 0 bridgehead atoms. The van der Waals surface area contributed by atoms with Gasteiger partial charge in [-0.3, -0.25) is 0 Å². The van der Waals surface area contributed by atoms with Crippen LogP contribution in [0.4, 0.5) is 4.39 Å². The molecular formula is C17H22BCl2FO3. The predicted octanol–water partition coefficient (Wildman–Crippen LogP) is 5.69. The molecule has 0 spiro atoms. The Morgan fingerprint density at radius 1 is 1.17 bits per heavy atom. The number of rotatable bonds is 4. The van der Waals surface area contributed by atoms with Gasteiger partial charge in [-0.2, -0.15) is 0 Å². The molecule has 1 saturated heterocycles. The lowest BCUT2D eigenvalue weighted by molar-refractivity contribution is 0.0374. The smallest absolute Gasteiger partial charge is 0.323 e. The Balaban J connectivity index is 2.45. The quantitative estimate of drug-likeness (QED) is 0.634. The molecule has 0 N–H and O–H groups in total. The maximum Gasteiger partial charge on any atom is 0.323 e. The summed E-state index contributed by atoms with van der Waals surface area (Å²) in [5.41, 5.74) is -0.372. The molecule has 1 aliphatic heterocycles. The molecule has 0 aliphatic carbocycles. The molecule has 0 atom stereocenters. The van der Waals surface area contributed by atoms with Crippen LogP contribution in [-0.4, -0.2) is 26.7 Å². The van der Waals surface area contributed by atoms with Gasteiger partial charge in [0.2, 0.25) is 0 Å². The van der Waals surface area contributed by atoms with E-state index >= 15 is 0 Å². The molecule has 24 heavy (non-hydrogen) atoms. The van der Waals surface area contributed by atoms with Crippen molar-refractivity contribution in [3.8, 4) is 11.5 Å². The highest BCUT2D eigenvalue weighted by molar-refractivity contribution is 6.60. The molecule has 0 radical (unpaired) electrons. The van der Waals surface area contributed by atoms with Crippen LogP contribution < -0.4 is 9.47 Å². The van der Waals surface area contributed by atoms with Crippen molar-refractivity contribution in [2.24, 2.45) is 5.41 Å². The normalized spacial score (nSPS) is 19.5. The summed E-state index contributed by atoms with van der Waals surface area (Å²) in [6.07, 6.45) is 0.698. The van der Waals surface area contributed by atoms with Crippen LogP contribution in [0.15, 0.2) is 12.0 Å². The number of methoxy groups -OCH3 is 2. The van der Waals surface area contributed by atoms with Crippen molar-refractivity contribution >= 4 is 35.9 Å². The van der Waals surface area contributed by atoms with Gasteiger partial charge in [-0.15, -0.1) is 0 Å². The summed E-state index contributed by atoms with van der Waals surface area (Å²) < 4.78 is 31.3. The van der Waals surface area contributed by atoms with Crippen LogP contribution in [0.5, 0.6) is 11.5 Å². The van der Waals surface area contributed by atoms with Crippen LogP contribution in [0.2, 0.25) is 16.4 Å². The Bertz CT molecular complexity index is 630. The van der Waals surface area contributed by atoms with Crippen molar-refractivity contribution in [3.05, 3.63) is 27.7 Å². The second kappa shape index (κ2) is 6.78. The van der Waals surface area contributed by atoms with Crippen molar-refractivity contribution in [1.82, 2.24) is 0 Å². The second-order valence-corrected chi connectivity index (χ2v) is 7.81. The van der Waals surface area contributed by atoms with Crippen LogP contribution in [-0.2, 0) is 4.65 Å². The number of ether oxygens (including phenoxy) is 2. The van der Waals surface area contributed by atoms with E-state index in [1.807, 2.05) is 13.8 Å². The fourth-order valence-electron chi connectivity index (χ4n) is 2.76. The molecule has 1 aromatic carbocycles. The maximum atomic E-state index is 14.9. The minimum Gasteiger partial charge on any atom is -0.495 e. The zero-order valence-corrected chi connectivity index (χ0v) is 16.3. The van der Waals surface area contributed by atoms with Crippen molar-refractivity contribution < 1.29 is 18.5 Å². The molecule has 1 fully saturated rings. The first-order chi connectivity index (χ1) is 11.0. The van der Waals surface area contributed by atoms with Gasteiger partial charge in [0.25, 0.3) is 0 Å². The van der Waals surface area contributed by atoms with Crippen LogP contribution in [0.25, 0.3) is 5.83 Å². The molecule has 132 valence electrons. The lowest BCUT2D eigenvalue weighted by Gasteiger charge is -2.34. The lowest BCUT2D eigenvalue weighted by atomic mass is 9.58. The fraction of sp³-hybridized carbons (Fsp3) is 0.529. The predicted molar refractivity (Wildman–Crippen MR) is 98.2 cm³/mol. The summed E-state index contributed by atoms with van der Waals surface area (Å²) in [7, 11) is 2.90. The van der Waals surface area contributed by atoms with Gasteiger partial charge >= 0.3 is 6.92 Å². The first kappa shape index (κ1) is 19.4. The molecule has 0 aromatic heterocycles. The summed E-state index contributed by atoms with van der Waals surface area (Å²) in [6.45, 7) is 7.86. The average molecular weight is 375 g/mol. The number of hydrogen-bond donors (Lipinski definition) is 0. The Labute approximate surface area is 153 Å². The molecule has 1 aromatic rings. The van der Waals surface area contributed by atoms with Crippen LogP contribution >= 0.6 is 23.2 Å². The van der Waals surface area contributed by atoms with Gasteiger partial charge < -0.3 is 14.1 Å². The minimum absolute atomic E-state index is 0.0562. The van der Waals surface area contributed by atoms with E-state index in [0.29, 0.717) is 17.8 Å². The van der Waals surface area contributed by atoms with Crippen molar-refractivity contribution in [2.75, 3.05) is 14.2 Å². The molecule has 0 amide bonds. The highest BCUT2D eigenvalue weighted by atomic mass is 35.5. The van der Waals surface area contributed by atoms with Gasteiger partial charge in [-0.25, -0.2) is 4.39 Å². The van der Waals surface area contributed by atoms with Gasteiger partial charge in [0.15, 0.2) is 0 Å². The van der Waals surface area contributed by atoms with Crippen LogP contribution in [0.1, 0.15) is 33.3 Å². The molecule has 1 aliphatic rings. The molecule has 3 nitrogen and oxygen atoms in total. The van der Waals surface area contributed by atoms with E-state index in [2.05, 4.69) is 13.8 Å². The highest BCUT2D eigenvalue weighted by Crippen LogP contribution is 2.48. The van der Waals surface area contributed by atoms with E-state index < -0.39 is 5.83 Å². The first-order valence-corrected chi connectivity index (χ1v) is 8.45. The summed E-state index contributed by atoms with van der Waals surface area (Å²) >= 11 is 12.5. The molecule has 0 unspecified atom stereocenters. The molecule has 2 rings (SSSR count). The molecule has 1 heterocycles. The first-order valence-electron chi connectivity index (χ1n) is 7.69. The Kier molecular flexibility index (Phi) is 5.48. The number of hydrogen-bond acceptors (Lipinski definition) is 3. The fourth-order valence-corrected chi connectivity index (χ4v) is 3.44. The summed E-state index contributed by atoms with van der Waals surface area (Å²) in [5.74, 6) is 1.46. The summed E-state index contributed by atoms with van der Waals surface area (Å²) in [6, 6.07) is 1.53. The molecule has 0 saturated carbocycles. The topological polar surface area (TPSA) is 27.7 Å². The van der Waals surface area contributed by atoms with Gasteiger partial charge in [0.05, 0.1) is 35.4 Å². The lowest BCUT2D eigenvalue weighted by Crippen LogP contribution is -2.34. The summed E-state index contributed by atoms with van der Waals surface area (Å²) in [4.78, 5) is 0. The van der Waals surface area contributed by atoms with E-state index in [4.69, 9.17) is 37.3 Å². The van der Waals surface area contributed by atoms with Crippen molar-refractivity contribution in [2.45, 2.75) is 39.6 Å². The van der Waals surface area contributed by atoms with Gasteiger partial charge in [-0.05, 0) is 31.6 Å². The van der Waals surface area contributed by atoms with Crippen molar-refractivity contribution in [1.29, 1.82) is 0 Å². The van der Waals surface area contributed by atoms with E-state index in [-0.39, 0.29) is 33.5 Å². The zero-order chi connectivity index (χ0) is 18.3. The highest BCUT2D eigenvalue weighted by Gasteiger charge is 2.48. The molecule has 7 heteroatoms. The van der Waals surface area contributed by atoms with Gasteiger partial charge in [0, 0.05) is 6.07 Å². The van der Waals surface area contributed by atoms with Gasteiger partial charge in [-0.1, -0.05) is 37.0 Å². The van der Waals surface area contributed by atoms with Crippen molar-refractivity contribution in [3.63, 3.8) is 0 Å². The minimum atomic E-state index is -0.555. The monoisotopic (exact) mass is 374 g/mol. The van der Waals surface area contributed by atoms with E-state index in [9.17, 15) is 4.39 Å². The largest absolute Gasteiger partial charge is 0.495 e. The van der Waals surface area contributed by atoms with Crippen LogP contribution in [0.3, 0.4) is 0 Å². The summed E-state index contributed by atoms with van der Waals surface area (Å²) in [5, 5.41) is 0.210. The number of halogens is 3. The Hall–Kier alpha value is -0.905. The Morgan fingerprint density at radius 3 is 2.04 bits per heavy atom. The van der Waals surface area contributed by atoms with E-state index in [1.165, 1.54) is 26.3 Å². The molecular weight excluding hydrogens is 353 g/mol. The SMILES string of the molecule is COc1cc(OC)c(Cl)c(/C(F)=C/B2CC(C)(C)C(C)(C)O2)c1Cl. The maximum absolute atomic E-state index is 14.9. The van der Waals surface area contributed by atoms with Gasteiger partial charge in [0.1, 0.15) is 17.3 Å². The van der Waals surface area contributed by atoms with E-state index in [1.54, 1.807) is 0 Å². The average Bonchev–Trinajstić information content (AvgIpc) is 2.66. The third kappa shape index (κ3) is 3.39. The number of benzene rings is 1. The second-order valence-electron chi connectivity index (χ2n) is 7.05. The van der Waals surface area contributed by atoms with Crippen LogP contribution in [0, 0.1) is 5.41 Å². The standard InChI is InChI=1S/C17H22BCl2FO3/c1-16(2)9-18(24-17(16,3)4)8-10(21)13-14(19)11(22-5)7-12(23-6)15(13)20/h7-8H,9H2,1-6H3/b10-8-. The third-order valence-corrected chi connectivity index (χ3v) is 5.68. The Morgan fingerprint density at radius 2 is 1.67 bits per heavy atom.